The molecular weight excluding hydrogens is 300 g/mol. The van der Waals surface area contributed by atoms with Crippen LogP contribution >= 0.6 is 0 Å². The third-order valence-electron chi connectivity index (χ3n) is 5.52. The van der Waals surface area contributed by atoms with Crippen LogP contribution in [0.4, 0.5) is 5.69 Å². The van der Waals surface area contributed by atoms with Gasteiger partial charge in [-0.15, -0.1) is 0 Å². The Morgan fingerprint density at radius 2 is 1.96 bits per heavy atom. The molecule has 1 atom stereocenters. The summed E-state index contributed by atoms with van der Waals surface area (Å²) in [5.74, 6) is 0.163. The largest absolute Gasteiger partial charge is 0.395 e. The average Bonchev–Trinajstić information content (AvgIpc) is 2.80. The Labute approximate surface area is 145 Å². The van der Waals surface area contributed by atoms with Crippen molar-refractivity contribution in [1.82, 2.24) is 5.32 Å². The third kappa shape index (κ3) is 3.35. The molecule has 4 heteroatoms. The van der Waals surface area contributed by atoms with E-state index in [4.69, 9.17) is 0 Å². The molecule has 132 valence electrons. The summed E-state index contributed by atoms with van der Waals surface area (Å²) in [6.45, 7) is 6.77. The van der Waals surface area contributed by atoms with E-state index in [1.807, 2.05) is 18.2 Å². The molecule has 1 aromatic rings. The van der Waals surface area contributed by atoms with Crippen molar-refractivity contribution in [2.24, 2.45) is 5.41 Å². The first-order valence-electron chi connectivity index (χ1n) is 9.12. The van der Waals surface area contributed by atoms with Gasteiger partial charge in [-0.05, 0) is 49.1 Å². The fourth-order valence-electron chi connectivity index (χ4n) is 4.40. The number of carbonyl (C=O) groups is 1. The Balaban J connectivity index is 1.65. The van der Waals surface area contributed by atoms with Crippen molar-refractivity contribution in [3.05, 3.63) is 29.8 Å². The maximum Gasteiger partial charge on any atom is 0.235 e. The highest BCUT2D eigenvalue weighted by Crippen LogP contribution is 2.47. The number of fused-ring (bicyclic) bond motifs is 2. The van der Waals surface area contributed by atoms with Crippen LogP contribution in [0.3, 0.4) is 0 Å². The lowest BCUT2D eigenvalue weighted by atomic mass is 9.69. The van der Waals surface area contributed by atoms with Crippen molar-refractivity contribution in [2.45, 2.75) is 70.4 Å². The summed E-state index contributed by atoms with van der Waals surface area (Å²) in [6.07, 6.45) is 4.65. The zero-order valence-corrected chi connectivity index (χ0v) is 15.1. The second kappa shape index (κ2) is 6.49. The highest BCUT2D eigenvalue weighted by molar-refractivity contribution is 6.06. The molecule has 1 heterocycles. The van der Waals surface area contributed by atoms with Crippen molar-refractivity contribution in [2.75, 3.05) is 11.9 Å². The fourth-order valence-corrected chi connectivity index (χ4v) is 4.40. The van der Waals surface area contributed by atoms with Crippen LogP contribution in [-0.2, 0) is 10.2 Å². The number of benzene rings is 1. The number of rotatable bonds is 4. The molecule has 3 rings (SSSR count). The highest BCUT2D eigenvalue weighted by Gasteiger charge is 2.48. The van der Waals surface area contributed by atoms with Gasteiger partial charge in [-0.25, -0.2) is 0 Å². The van der Waals surface area contributed by atoms with E-state index in [2.05, 4.69) is 37.5 Å². The van der Waals surface area contributed by atoms with Crippen LogP contribution in [0.15, 0.2) is 24.3 Å². The molecule has 0 bridgehead atoms. The average molecular weight is 330 g/mol. The summed E-state index contributed by atoms with van der Waals surface area (Å²) in [6, 6.07) is 8.61. The number of anilines is 1. The first kappa shape index (κ1) is 17.4. The van der Waals surface area contributed by atoms with E-state index < -0.39 is 0 Å². The maximum atomic E-state index is 12.6. The van der Waals surface area contributed by atoms with Crippen molar-refractivity contribution >= 4 is 11.6 Å². The molecule has 0 aromatic heterocycles. The summed E-state index contributed by atoms with van der Waals surface area (Å²) in [5, 5.41) is 16.4. The molecule has 1 fully saturated rings. The van der Waals surface area contributed by atoms with Gasteiger partial charge in [-0.2, -0.15) is 0 Å². The number of nitrogens with one attached hydrogen (secondary N) is 2. The van der Waals surface area contributed by atoms with E-state index in [1.165, 1.54) is 5.56 Å². The second-order valence-corrected chi connectivity index (χ2v) is 8.67. The van der Waals surface area contributed by atoms with Gasteiger partial charge in [0.15, 0.2) is 0 Å². The van der Waals surface area contributed by atoms with E-state index >= 15 is 0 Å². The molecule has 1 aliphatic heterocycles. The Bertz CT molecular complexity index is 598. The molecule has 24 heavy (non-hydrogen) atoms. The number of aliphatic hydroxyl groups is 1. The van der Waals surface area contributed by atoms with Crippen LogP contribution in [0.25, 0.3) is 0 Å². The van der Waals surface area contributed by atoms with E-state index in [1.54, 1.807) is 0 Å². The predicted molar refractivity (Wildman–Crippen MR) is 97.1 cm³/mol. The molecule has 2 aliphatic rings. The zero-order chi connectivity index (χ0) is 17.4. The lowest BCUT2D eigenvalue weighted by Crippen LogP contribution is -2.48. The molecule has 0 saturated heterocycles. The Morgan fingerprint density at radius 3 is 2.58 bits per heavy atom. The molecule has 1 unspecified atom stereocenters. The quantitative estimate of drug-likeness (QED) is 0.794. The van der Waals surface area contributed by atoms with Crippen LogP contribution in [0.1, 0.15) is 58.4 Å². The van der Waals surface area contributed by atoms with Crippen molar-refractivity contribution in [1.29, 1.82) is 0 Å². The number of carbonyl (C=O) groups excluding carboxylic acids is 1. The second-order valence-electron chi connectivity index (χ2n) is 8.67. The predicted octanol–water partition coefficient (Wildman–Crippen LogP) is 3.21. The summed E-state index contributed by atoms with van der Waals surface area (Å²) in [7, 11) is 0. The molecule has 1 aliphatic carbocycles. The topological polar surface area (TPSA) is 61.4 Å². The van der Waals surface area contributed by atoms with E-state index in [0.717, 1.165) is 37.8 Å². The lowest BCUT2D eigenvalue weighted by Gasteiger charge is -2.38. The monoisotopic (exact) mass is 330 g/mol. The Morgan fingerprint density at radius 1 is 1.29 bits per heavy atom. The first-order valence-corrected chi connectivity index (χ1v) is 9.12. The fraction of sp³-hybridized carbons (Fsp3) is 0.650. The van der Waals surface area contributed by atoms with Gasteiger partial charge in [0.1, 0.15) is 0 Å². The SMILES string of the molecule is CC(C)(C)CC(CO)NC1CCC2(CC1)C(=O)Nc1ccccc12. The minimum atomic E-state index is -0.340. The van der Waals surface area contributed by atoms with Gasteiger partial charge in [-0.1, -0.05) is 39.0 Å². The number of amides is 1. The minimum Gasteiger partial charge on any atom is -0.395 e. The van der Waals surface area contributed by atoms with Gasteiger partial charge in [0.25, 0.3) is 0 Å². The first-order chi connectivity index (χ1) is 11.3. The van der Waals surface area contributed by atoms with Crippen molar-refractivity contribution < 1.29 is 9.90 Å². The Kier molecular flexibility index (Phi) is 4.71. The van der Waals surface area contributed by atoms with Crippen LogP contribution in [0.2, 0.25) is 0 Å². The van der Waals surface area contributed by atoms with Gasteiger partial charge >= 0.3 is 0 Å². The van der Waals surface area contributed by atoms with E-state index in [-0.39, 0.29) is 29.4 Å². The van der Waals surface area contributed by atoms with Crippen LogP contribution < -0.4 is 10.6 Å². The number of para-hydroxylation sites is 1. The molecule has 1 spiro atoms. The number of hydrogen-bond donors (Lipinski definition) is 3. The van der Waals surface area contributed by atoms with E-state index in [9.17, 15) is 9.90 Å². The summed E-state index contributed by atoms with van der Waals surface area (Å²) in [5.41, 5.74) is 2.00. The standard InChI is InChI=1S/C20H30N2O2/c1-19(2,3)12-15(13-23)21-14-8-10-20(11-9-14)16-6-4-5-7-17(16)22-18(20)24/h4-7,14-15,21,23H,8-13H2,1-3H3,(H,22,24). The minimum absolute atomic E-state index is 0.133. The normalized spacial score (nSPS) is 27.8. The third-order valence-corrected chi connectivity index (χ3v) is 5.52. The smallest absolute Gasteiger partial charge is 0.235 e. The highest BCUT2D eigenvalue weighted by atomic mass is 16.3. The molecule has 0 radical (unpaired) electrons. The van der Waals surface area contributed by atoms with Gasteiger partial charge in [-0.3, -0.25) is 4.79 Å². The summed E-state index contributed by atoms with van der Waals surface area (Å²) >= 11 is 0. The van der Waals surface area contributed by atoms with Crippen molar-refractivity contribution in [3.8, 4) is 0 Å². The summed E-state index contributed by atoms with van der Waals surface area (Å²) in [4.78, 5) is 12.6. The zero-order valence-electron chi connectivity index (χ0n) is 15.1. The molecule has 4 nitrogen and oxygen atoms in total. The van der Waals surface area contributed by atoms with E-state index in [0.29, 0.717) is 6.04 Å². The molecule has 3 N–H and O–H groups in total. The molecule has 1 saturated carbocycles. The van der Waals surface area contributed by atoms with Gasteiger partial charge in [0.2, 0.25) is 5.91 Å². The van der Waals surface area contributed by atoms with Gasteiger partial charge < -0.3 is 15.7 Å². The van der Waals surface area contributed by atoms with Gasteiger partial charge in [0.05, 0.1) is 12.0 Å². The number of aliphatic hydroxyl groups excluding tert-OH is 1. The summed E-state index contributed by atoms with van der Waals surface area (Å²) < 4.78 is 0. The van der Waals surface area contributed by atoms with Gasteiger partial charge in [0, 0.05) is 17.8 Å². The number of hydrogen-bond acceptors (Lipinski definition) is 3. The van der Waals surface area contributed by atoms with Crippen LogP contribution in [0.5, 0.6) is 0 Å². The lowest BCUT2D eigenvalue weighted by molar-refractivity contribution is -0.122. The molecule has 1 aromatic carbocycles. The Hall–Kier alpha value is -1.39. The molecule has 1 amide bonds. The molecular formula is C20H30N2O2. The van der Waals surface area contributed by atoms with Crippen LogP contribution in [0, 0.1) is 5.41 Å². The maximum absolute atomic E-state index is 12.6. The van der Waals surface area contributed by atoms with Crippen LogP contribution in [-0.4, -0.2) is 29.7 Å². The van der Waals surface area contributed by atoms with Crippen molar-refractivity contribution in [3.63, 3.8) is 0 Å².